The Bertz CT molecular complexity index is 2390. The van der Waals surface area contributed by atoms with Crippen LogP contribution in [0.3, 0.4) is 0 Å². The van der Waals surface area contributed by atoms with Crippen LogP contribution in [0.25, 0.3) is 77.6 Å². The predicted molar refractivity (Wildman–Crippen MR) is 186 cm³/mol. The average Bonchev–Trinajstić information content (AvgIpc) is 3.33. The zero-order valence-electron chi connectivity index (χ0n) is 25.1. The van der Waals surface area contributed by atoms with E-state index in [0.29, 0.717) is 17.5 Å². The van der Waals surface area contributed by atoms with Gasteiger partial charge in [0.05, 0.1) is 0 Å². The van der Waals surface area contributed by atoms with Crippen molar-refractivity contribution in [1.82, 2.24) is 15.0 Å². The fraction of sp³-hybridized carbons (Fsp3) is 0.0714. The summed E-state index contributed by atoms with van der Waals surface area (Å²) in [7, 11) is 0. The molecule has 8 aromatic rings. The van der Waals surface area contributed by atoms with E-state index in [9.17, 15) is 0 Å². The number of hydrogen-bond acceptors (Lipinski definition) is 3. The second kappa shape index (κ2) is 9.67. The SMILES string of the molecule is CC1(C)c2cc3cc(-c4nc(-c5ccccc5)nc(-c5ccccc5)n4)ccc3cc2-c2c1c1ccccc1c1ccccc21. The van der Waals surface area contributed by atoms with Crippen LogP contribution < -0.4 is 0 Å². The van der Waals surface area contributed by atoms with Crippen molar-refractivity contribution in [3.63, 3.8) is 0 Å². The van der Waals surface area contributed by atoms with Crippen LogP contribution in [0, 0.1) is 0 Å². The van der Waals surface area contributed by atoms with E-state index in [-0.39, 0.29) is 5.41 Å². The third-order valence-electron chi connectivity index (χ3n) is 9.43. The van der Waals surface area contributed by atoms with Gasteiger partial charge in [-0.3, -0.25) is 0 Å². The van der Waals surface area contributed by atoms with Crippen molar-refractivity contribution < 1.29 is 0 Å². The van der Waals surface area contributed by atoms with Gasteiger partial charge in [0.15, 0.2) is 17.5 Å². The zero-order valence-corrected chi connectivity index (χ0v) is 25.1. The molecule has 0 saturated carbocycles. The fourth-order valence-corrected chi connectivity index (χ4v) is 7.30. The summed E-state index contributed by atoms with van der Waals surface area (Å²) in [5.74, 6) is 2.01. The Morgan fingerprint density at radius 1 is 0.422 bits per heavy atom. The molecule has 1 aliphatic carbocycles. The highest BCUT2D eigenvalue weighted by Gasteiger charge is 2.38. The van der Waals surface area contributed by atoms with Gasteiger partial charge in [-0.05, 0) is 72.8 Å². The smallest absolute Gasteiger partial charge is 0.164 e. The Hall–Kier alpha value is -5.67. The monoisotopic (exact) mass is 575 g/mol. The molecule has 1 aromatic heterocycles. The third-order valence-corrected chi connectivity index (χ3v) is 9.43. The minimum absolute atomic E-state index is 0.160. The Morgan fingerprint density at radius 2 is 0.933 bits per heavy atom. The van der Waals surface area contributed by atoms with Crippen LogP contribution in [0.5, 0.6) is 0 Å². The van der Waals surface area contributed by atoms with Crippen molar-refractivity contribution in [2.75, 3.05) is 0 Å². The first-order valence-corrected chi connectivity index (χ1v) is 15.5. The lowest BCUT2D eigenvalue weighted by molar-refractivity contribution is 0.667. The summed E-state index contributed by atoms with van der Waals surface area (Å²) in [4.78, 5) is 14.9. The van der Waals surface area contributed by atoms with Crippen molar-refractivity contribution in [2.24, 2.45) is 0 Å². The molecule has 1 heterocycles. The van der Waals surface area contributed by atoms with Gasteiger partial charge in [0.25, 0.3) is 0 Å². The molecule has 3 nitrogen and oxygen atoms in total. The molecule has 0 N–H and O–H groups in total. The molecule has 3 heteroatoms. The number of benzene rings is 7. The van der Waals surface area contributed by atoms with E-state index in [0.717, 1.165) is 16.7 Å². The molecular formula is C42H29N3. The maximum absolute atomic E-state index is 4.99. The molecule has 0 fully saturated rings. The summed E-state index contributed by atoms with van der Waals surface area (Å²) >= 11 is 0. The first-order valence-electron chi connectivity index (χ1n) is 15.5. The van der Waals surface area contributed by atoms with Crippen LogP contribution in [-0.4, -0.2) is 15.0 Å². The molecule has 7 aromatic carbocycles. The van der Waals surface area contributed by atoms with Crippen molar-refractivity contribution in [3.05, 3.63) is 151 Å². The average molecular weight is 576 g/mol. The molecule has 0 aliphatic heterocycles. The summed E-state index contributed by atoms with van der Waals surface area (Å²) in [6.07, 6.45) is 0. The number of fused-ring (bicyclic) bond motifs is 9. The first kappa shape index (κ1) is 25.8. The van der Waals surface area contributed by atoms with Gasteiger partial charge in [-0.2, -0.15) is 0 Å². The highest BCUT2D eigenvalue weighted by Crippen LogP contribution is 2.55. The minimum atomic E-state index is -0.160. The van der Waals surface area contributed by atoms with E-state index >= 15 is 0 Å². The number of rotatable bonds is 3. The van der Waals surface area contributed by atoms with Crippen molar-refractivity contribution >= 4 is 32.3 Å². The molecule has 9 rings (SSSR count). The predicted octanol–water partition coefficient (Wildman–Crippen LogP) is 10.6. The number of aromatic nitrogens is 3. The van der Waals surface area contributed by atoms with Gasteiger partial charge in [-0.15, -0.1) is 0 Å². The highest BCUT2D eigenvalue weighted by atomic mass is 15.0. The molecule has 0 saturated heterocycles. The Kier molecular flexibility index (Phi) is 5.54. The molecule has 1 aliphatic rings. The Morgan fingerprint density at radius 3 is 1.56 bits per heavy atom. The van der Waals surface area contributed by atoms with E-state index in [1.807, 2.05) is 60.7 Å². The lowest BCUT2D eigenvalue weighted by Gasteiger charge is -2.24. The highest BCUT2D eigenvalue weighted by molar-refractivity contribution is 6.18. The number of nitrogens with zero attached hydrogens (tertiary/aromatic N) is 3. The summed E-state index contributed by atoms with van der Waals surface area (Å²) in [5.41, 5.74) is 8.22. The van der Waals surface area contributed by atoms with Gasteiger partial charge in [-0.1, -0.05) is 135 Å². The van der Waals surface area contributed by atoms with Crippen LogP contribution >= 0.6 is 0 Å². The summed E-state index contributed by atoms with van der Waals surface area (Å²) in [5, 5.41) is 7.68. The summed E-state index contributed by atoms with van der Waals surface area (Å²) in [6.45, 7) is 4.75. The number of hydrogen-bond donors (Lipinski definition) is 0. The van der Waals surface area contributed by atoms with Crippen molar-refractivity contribution in [1.29, 1.82) is 0 Å². The lowest BCUT2D eigenvalue weighted by atomic mass is 9.79. The van der Waals surface area contributed by atoms with Crippen LogP contribution in [0.4, 0.5) is 0 Å². The lowest BCUT2D eigenvalue weighted by Crippen LogP contribution is -2.15. The summed E-state index contributed by atoms with van der Waals surface area (Å²) < 4.78 is 0. The molecular weight excluding hydrogens is 546 g/mol. The largest absolute Gasteiger partial charge is 0.208 e. The van der Waals surface area contributed by atoms with E-state index in [2.05, 4.69) is 92.7 Å². The Balaban J connectivity index is 1.25. The molecule has 0 amide bonds. The van der Waals surface area contributed by atoms with Crippen LogP contribution in [-0.2, 0) is 5.41 Å². The molecule has 212 valence electrons. The van der Waals surface area contributed by atoms with Crippen molar-refractivity contribution in [2.45, 2.75) is 19.3 Å². The second-order valence-corrected chi connectivity index (χ2v) is 12.5. The van der Waals surface area contributed by atoms with Gasteiger partial charge in [0, 0.05) is 22.1 Å². The first-order chi connectivity index (χ1) is 22.1. The van der Waals surface area contributed by atoms with E-state index in [4.69, 9.17) is 15.0 Å². The van der Waals surface area contributed by atoms with Gasteiger partial charge < -0.3 is 0 Å². The van der Waals surface area contributed by atoms with E-state index in [1.54, 1.807) is 0 Å². The van der Waals surface area contributed by atoms with E-state index in [1.165, 1.54) is 54.6 Å². The molecule has 0 unspecified atom stereocenters. The minimum Gasteiger partial charge on any atom is -0.208 e. The van der Waals surface area contributed by atoms with Gasteiger partial charge in [-0.25, -0.2) is 15.0 Å². The standard InChI is InChI=1S/C42H29N3/c1-42(2)36-25-30-23-29(41-44-39(26-13-5-3-6-14-26)43-40(45-41)27-15-7-4-8-16-27)22-21-28(30)24-35(36)37-33-19-11-9-17-31(33)32-18-10-12-20-34(32)38(37)42/h3-25H,1-2H3. The van der Waals surface area contributed by atoms with E-state index < -0.39 is 0 Å². The van der Waals surface area contributed by atoms with Gasteiger partial charge in [0.1, 0.15) is 0 Å². The normalized spacial score (nSPS) is 13.3. The molecule has 45 heavy (non-hydrogen) atoms. The fourth-order valence-electron chi connectivity index (χ4n) is 7.30. The van der Waals surface area contributed by atoms with Gasteiger partial charge >= 0.3 is 0 Å². The van der Waals surface area contributed by atoms with Crippen LogP contribution in [0.1, 0.15) is 25.0 Å². The third kappa shape index (κ3) is 3.94. The molecule has 0 radical (unpaired) electrons. The van der Waals surface area contributed by atoms with Crippen LogP contribution in [0.15, 0.2) is 140 Å². The topological polar surface area (TPSA) is 38.7 Å². The quantitative estimate of drug-likeness (QED) is 0.197. The van der Waals surface area contributed by atoms with Crippen LogP contribution in [0.2, 0.25) is 0 Å². The maximum Gasteiger partial charge on any atom is 0.164 e. The molecule has 0 bridgehead atoms. The second-order valence-electron chi connectivity index (χ2n) is 12.5. The Labute approximate surface area is 261 Å². The zero-order chi connectivity index (χ0) is 30.1. The summed E-state index contributed by atoms with van der Waals surface area (Å²) in [6, 6.07) is 49.4. The van der Waals surface area contributed by atoms with Gasteiger partial charge in [0.2, 0.25) is 0 Å². The molecule has 0 spiro atoms. The molecule has 0 atom stereocenters. The van der Waals surface area contributed by atoms with Crippen molar-refractivity contribution in [3.8, 4) is 45.3 Å². The maximum atomic E-state index is 4.99.